The molecule has 7 nitrogen and oxygen atoms in total. The van der Waals surface area contributed by atoms with Crippen molar-refractivity contribution in [2.24, 2.45) is 0 Å². The highest BCUT2D eigenvalue weighted by atomic mass is 35.5. The highest BCUT2D eigenvalue weighted by molar-refractivity contribution is 8.00. The normalized spacial score (nSPS) is 11.6. The Kier molecular flexibility index (Phi) is 6.67. The van der Waals surface area contributed by atoms with Crippen molar-refractivity contribution >= 4 is 52.5 Å². The summed E-state index contributed by atoms with van der Waals surface area (Å²) in [6.45, 7) is 1.92. The molecule has 3 aromatic rings. The number of carbonyl (C=O) groups excluding carboxylic acids is 1. The quantitative estimate of drug-likeness (QED) is 0.529. The molecular weight excluding hydrogens is 396 g/mol. The summed E-state index contributed by atoms with van der Waals surface area (Å²) in [5.74, 6) is 1.13. The van der Waals surface area contributed by atoms with Gasteiger partial charge in [-0.15, -0.1) is 11.8 Å². The zero-order chi connectivity index (χ0) is 19.9. The van der Waals surface area contributed by atoms with Crippen LogP contribution in [0, 0.1) is 0 Å². The highest BCUT2D eigenvalue weighted by Gasteiger charge is 2.15. The minimum Gasteiger partial charge on any atom is -0.368 e. The minimum atomic E-state index is -0.141. The van der Waals surface area contributed by atoms with E-state index in [0.717, 1.165) is 5.69 Å². The minimum absolute atomic E-state index is 0.121. The van der Waals surface area contributed by atoms with Gasteiger partial charge in [0.1, 0.15) is 5.82 Å². The molecule has 0 spiro atoms. The molecule has 1 amide bonds. The van der Waals surface area contributed by atoms with Crippen molar-refractivity contribution in [3.05, 3.63) is 65.4 Å². The molecule has 0 bridgehead atoms. The van der Waals surface area contributed by atoms with Crippen LogP contribution in [-0.2, 0) is 4.79 Å². The molecule has 4 N–H and O–H groups in total. The Balaban J connectivity index is 1.59. The lowest BCUT2D eigenvalue weighted by Crippen LogP contribution is -2.15. The number of halogens is 1. The van der Waals surface area contributed by atoms with E-state index in [4.69, 9.17) is 17.3 Å². The molecule has 0 saturated heterocycles. The first kappa shape index (κ1) is 19.9. The number of amides is 1. The monoisotopic (exact) mass is 414 g/mol. The van der Waals surface area contributed by atoms with Gasteiger partial charge in [0.05, 0.1) is 11.0 Å². The number of nitrogen functional groups attached to an aromatic ring is 1. The van der Waals surface area contributed by atoms with Crippen LogP contribution in [0.4, 0.5) is 23.3 Å². The molecule has 1 heterocycles. The van der Waals surface area contributed by atoms with Gasteiger partial charge in [-0.25, -0.2) is 0 Å². The number of thioether (sulfide) groups is 1. The Labute approximate surface area is 172 Å². The second-order valence-corrected chi connectivity index (χ2v) is 7.64. The summed E-state index contributed by atoms with van der Waals surface area (Å²) in [5.41, 5.74) is 7.36. The van der Waals surface area contributed by atoms with Crippen LogP contribution in [0.2, 0.25) is 5.02 Å². The van der Waals surface area contributed by atoms with E-state index >= 15 is 0 Å². The molecule has 0 saturated carbocycles. The predicted molar refractivity (Wildman–Crippen MR) is 115 cm³/mol. The number of hydrogen-bond donors (Lipinski definition) is 3. The number of nitrogens with two attached hydrogens (primary N) is 1. The molecule has 0 unspecified atom stereocenters. The molecule has 0 aliphatic heterocycles. The van der Waals surface area contributed by atoms with E-state index in [2.05, 4.69) is 25.6 Å². The van der Waals surface area contributed by atoms with Crippen LogP contribution in [0.1, 0.15) is 18.0 Å². The van der Waals surface area contributed by atoms with E-state index in [-0.39, 0.29) is 22.9 Å². The number of para-hydroxylation sites is 1. The van der Waals surface area contributed by atoms with E-state index in [1.54, 1.807) is 24.3 Å². The Morgan fingerprint density at radius 3 is 2.50 bits per heavy atom. The van der Waals surface area contributed by atoms with Crippen molar-refractivity contribution in [1.82, 2.24) is 15.0 Å². The van der Waals surface area contributed by atoms with Crippen LogP contribution >= 0.6 is 23.4 Å². The standard InChI is InChI=1S/C19H19ClN6OS/c1-12(28-11-16(27)22-15-9-7-13(20)8-10-15)17-24-18(21)26-19(25-17)23-14-5-3-2-4-6-14/h2-10,12H,11H2,1H3,(H,22,27)(H3,21,23,24,25,26)/t12-/m1/s1. The largest absolute Gasteiger partial charge is 0.368 e. The fraction of sp³-hybridized carbons (Fsp3) is 0.158. The Morgan fingerprint density at radius 1 is 1.07 bits per heavy atom. The van der Waals surface area contributed by atoms with Crippen molar-refractivity contribution < 1.29 is 4.79 Å². The lowest BCUT2D eigenvalue weighted by atomic mass is 10.3. The molecule has 3 rings (SSSR count). The van der Waals surface area contributed by atoms with Gasteiger partial charge in [0.25, 0.3) is 0 Å². The number of aromatic nitrogens is 3. The molecule has 1 aromatic heterocycles. The summed E-state index contributed by atoms with van der Waals surface area (Å²) in [6.07, 6.45) is 0. The Bertz CT molecular complexity index is 939. The second kappa shape index (κ2) is 9.38. The third-order valence-electron chi connectivity index (χ3n) is 3.66. The number of hydrogen-bond acceptors (Lipinski definition) is 7. The van der Waals surface area contributed by atoms with Gasteiger partial charge in [0, 0.05) is 16.4 Å². The highest BCUT2D eigenvalue weighted by Crippen LogP contribution is 2.27. The van der Waals surface area contributed by atoms with E-state index < -0.39 is 0 Å². The fourth-order valence-corrected chi connectivity index (χ4v) is 3.16. The van der Waals surface area contributed by atoms with Gasteiger partial charge >= 0.3 is 0 Å². The number of nitrogens with one attached hydrogen (secondary N) is 2. The first-order chi connectivity index (χ1) is 13.5. The summed E-state index contributed by atoms with van der Waals surface area (Å²) >= 11 is 7.25. The third-order valence-corrected chi connectivity index (χ3v) is 5.05. The van der Waals surface area contributed by atoms with Crippen molar-refractivity contribution in [1.29, 1.82) is 0 Å². The van der Waals surface area contributed by atoms with Crippen molar-refractivity contribution in [3.8, 4) is 0 Å². The predicted octanol–water partition coefficient (Wildman–Crippen LogP) is 4.28. The molecule has 28 heavy (non-hydrogen) atoms. The molecule has 0 radical (unpaired) electrons. The van der Waals surface area contributed by atoms with E-state index in [0.29, 0.717) is 22.5 Å². The van der Waals surface area contributed by atoms with Crippen molar-refractivity contribution in [3.63, 3.8) is 0 Å². The van der Waals surface area contributed by atoms with Crippen LogP contribution in [0.5, 0.6) is 0 Å². The molecule has 0 aliphatic carbocycles. The summed E-state index contributed by atoms with van der Waals surface area (Å²) in [6, 6.07) is 16.5. The van der Waals surface area contributed by atoms with Gasteiger partial charge < -0.3 is 16.4 Å². The fourth-order valence-electron chi connectivity index (χ4n) is 2.30. The number of nitrogens with zero attached hydrogens (tertiary/aromatic N) is 3. The van der Waals surface area contributed by atoms with Gasteiger partial charge in [-0.05, 0) is 43.3 Å². The number of rotatable bonds is 7. The molecule has 2 aromatic carbocycles. The van der Waals surface area contributed by atoms with Crippen LogP contribution in [0.3, 0.4) is 0 Å². The van der Waals surface area contributed by atoms with E-state index in [1.165, 1.54) is 11.8 Å². The molecular formula is C19H19ClN6OS. The smallest absolute Gasteiger partial charge is 0.234 e. The molecule has 1 atom stereocenters. The zero-order valence-electron chi connectivity index (χ0n) is 15.1. The SMILES string of the molecule is C[C@@H](SCC(=O)Nc1ccc(Cl)cc1)c1nc(N)nc(Nc2ccccc2)n1. The molecule has 144 valence electrons. The van der Waals surface area contributed by atoms with Gasteiger partial charge in [0.2, 0.25) is 17.8 Å². The number of carbonyl (C=O) groups is 1. The zero-order valence-corrected chi connectivity index (χ0v) is 16.7. The van der Waals surface area contributed by atoms with Crippen LogP contribution < -0.4 is 16.4 Å². The first-order valence-corrected chi connectivity index (χ1v) is 9.93. The number of anilines is 4. The average molecular weight is 415 g/mol. The summed E-state index contributed by atoms with van der Waals surface area (Å²) in [7, 11) is 0. The van der Waals surface area contributed by atoms with E-state index in [1.807, 2.05) is 37.3 Å². The maximum Gasteiger partial charge on any atom is 0.234 e. The molecule has 0 aliphatic rings. The lowest BCUT2D eigenvalue weighted by Gasteiger charge is -2.12. The summed E-state index contributed by atoms with van der Waals surface area (Å²) in [4.78, 5) is 24.9. The van der Waals surface area contributed by atoms with Crippen LogP contribution in [0.15, 0.2) is 54.6 Å². The van der Waals surface area contributed by atoms with Gasteiger partial charge in [-0.3, -0.25) is 4.79 Å². The Hall–Kier alpha value is -2.84. The molecule has 0 fully saturated rings. The third kappa shape index (κ3) is 5.83. The van der Waals surface area contributed by atoms with Gasteiger partial charge in [-0.1, -0.05) is 29.8 Å². The van der Waals surface area contributed by atoms with Gasteiger partial charge in [0.15, 0.2) is 0 Å². The lowest BCUT2D eigenvalue weighted by molar-refractivity contribution is -0.113. The maximum atomic E-state index is 12.2. The summed E-state index contributed by atoms with van der Waals surface area (Å²) in [5, 5.41) is 6.40. The Morgan fingerprint density at radius 2 is 1.79 bits per heavy atom. The van der Waals surface area contributed by atoms with Crippen molar-refractivity contribution in [2.75, 3.05) is 22.1 Å². The second-order valence-electron chi connectivity index (χ2n) is 5.87. The maximum absolute atomic E-state index is 12.2. The van der Waals surface area contributed by atoms with Crippen LogP contribution in [-0.4, -0.2) is 26.6 Å². The average Bonchev–Trinajstić information content (AvgIpc) is 2.68. The van der Waals surface area contributed by atoms with Crippen LogP contribution in [0.25, 0.3) is 0 Å². The topological polar surface area (TPSA) is 106 Å². The van der Waals surface area contributed by atoms with E-state index in [9.17, 15) is 4.79 Å². The van der Waals surface area contributed by atoms with Gasteiger partial charge in [-0.2, -0.15) is 15.0 Å². The number of benzene rings is 2. The first-order valence-electron chi connectivity index (χ1n) is 8.50. The van der Waals surface area contributed by atoms with Crippen molar-refractivity contribution in [2.45, 2.75) is 12.2 Å². The molecule has 9 heteroatoms. The summed E-state index contributed by atoms with van der Waals surface area (Å²) < 4.78 is 0.